The molecule has 0 saturated carbocycles. The lowest BCUT2D eigenvalue weighted by molar-refractivity contribution is -0.137. The van der Waals surface area contributed by atoms with E-state index in [0.29, 0.717) is 24.9 Å². The van der Waals surface area contributed by atoms with E-state index in [-0.39, 0.29) is 5.91 Å². The third kappa shape index (κ3) is 5.00. The van der Waals surface area contributed by atoms with Crippen LogP contribution in [0.25, 0.3) is 0 Å². The van der Waals surface area contributed by atoms with Crippen LogP contribution in [-0.4, -0.2) is 5.91 Å². The zero-order valence-electron chi connectivity index (χ0n) is 15.2. The van der Waals surface area contributed by atoms with Gasteiger partial charge in [-0.15, -0.1) is 0 Å². The number of amides is 1. The predicted octanol–water partition coefficient (Wildman–Crippen LogP) is 5.35. The summed E-state index contributed by atoms with van der Waals surface area (Å²) < 4.78 is 38.7. The maximum Gasteiger partial charge on any atom is 0.416 e. The van der Waals surface area contributed by atoms with Gasteiger partial charge in [0.25, 0.3) is 0 Å². The minimum atomic E-state index is -4.35. The number of hydrogen-bond acceptors (Lipinski definition) is 1. The quantitative estimate of drug-likeness (QED) is 0.752. The highest BCUT2D eigenvalue weighted by Gasteiger charge is 2.30. The lowest BCUT2D eigenvalue weighted by Gasteiger charge is -2.11. The Morgan fingerprint density at radius 2 is 1.78 bits per heavy atom. The number of allylic oxidation sites excluding steroid dienone is 1. The molecule has 1 aliphatic carbocycles. The van der Waals surface area contributed by atoms with Gasteiger partial charge < -0.3 is 5.32 Å². The average Bonchev–Trinajstić information content (AvgIpc) is 3.09. The molecule has 0 atom stereocenters. The van der Waals surface area contributed by atoms with Gasteiger partial charge in [0.15, 0.2) is 0 Å². The summed E-state index contributed by atoms with van der Waals surface area (Å²) in [6, 6.07) is 13.3. The molecule has 0 fully saturated rings. The van der Waals surface area contributed by atoms with Crippen molar-refractivity contribution in [3.8, 4) is 0 Å². The molecule has 2 aromatic carbocycles. The van der Waals surface area contributed by atoms with E-state index < -0.39 is 11.7 Å². The number of rotatable bonds is 5. The Morgan fingerprint density at radius 1 is 1.04 bits per heavy atom. The largest absolute Gasteiger partial charge is 0.416 e. The van der Waals surface area contributed by atoms with E-state index in [9.17, 15) is 18.0 Å². The van der Waals surface area contributed by atoms with Crippen LogP contribution in [0.5, 0.6) is 0 Å². The van der Waals surface area contributed by atoms with E-state index in [2.05, 4.69) is 5.32 Å². The van der Waals surface area contributed by atoms with Gasteiger partial charge in [-0.2, -0.15) is 13.2 Å². The number of benzene rings is 2. The normalized spacial score (nSPS) is 14.5. The van der Waals surface area contributed by atoms with Crippen molar-refractivity contribution < 1.29 is 18.0 Å². The van der Waals surface area contributed by atoms with E-state index in [1.165, 1.54) is 12.1 Å². The molecule has 0 unspecified atom stereocenters. The molecule has 3 rings (SSSR count). The number of nitrogens with one attached hydrogen (secondary N) is 1. The smallest absolute Gasteiger partial charge is 0.348 e. The maximum atomic E-state index is 12.9. The third-order valence-electron chi connectivity index (χ3n) is 4.85. The SMILES string of the molecule is Cc1ccc(CNC(=O)C2=C(Cc3cccc(C(F)(F)F)c3)CCC2)cc1. The van der Waals surface area contributed by atoms with Crippen LogP contribution in [0.2, 0.25) is 0 Å². The van der Waals surface area contributed by atoms with Gasteiger partial charge in [-0.05, 0) is 49.8 Å². The van der Waals surface area contributed by atoms with Crippen LogP contribution in [0.4, 0.5) is 13.2 Å². The van der Waals surface area contributed by atoms with E-state index in [1.54, 1.807) is 6.07 Å². The summed E-state index contributed by atoms with van der Waals surface area (Å²) in [6.07, 6.45) is -1.68. The van der Waals surface area contributed by atoms with E-state index >= 15 is 0 Å². The van der Waals surface area contributed by atoms with Crippen LogP contribution < -0.4 is 5.32 Å². The van der Waals surface area contributed by atoms with Crippen molar-refractivity contribution >= 4 is 5.91 Å². The number of carbonyl (C=O) groups is 1. The molecule has 0 saturated heterocycles. The zero-order valence-corrected chi connectivity index (χ0v) is 15.2. The topological polar surface area (TPSA) is 29.1 Å². The van der Waals surface area contributed by atoms with Crippen molar-refractivity contribution in [1.82, 2.24) is 5.32 Å². The molecule has 142 valence electrons. The highest BCUT2D eigenvalue weighted by Crippen LogP contribution is 2.32. The molecule has 1 N–H and O–H groups in total. The second-order valence-corrected chi connectivity index (χ2v) is 6.98. The molecule has 0 spiro atoms. The average molecular weight is 373 g/mol. The van der Waals surface area contributed by atoms with Crippen molar-refractivity contribution in [3.05, 3.63) is 81.9 Å². The number of carbonyl (C=O) groups excluding carboxylic acids is 1. The Labute approximate surface area is 157 Å². The molecule has 2 aromatic rings. The van der Waals surface area contributed by atoms with Gasteiger partial charge in [-0.1, -0.05) is 53.6 Å². The minimum absolute atomic E-state index is 0.116. The summed E-state index contributed by atoms with van der Waals surface area (Å²) in [4.78, 5) is 12.6. The summed E-state index contributed by atoms with van der Waals surface area (Å²) in [5.41, 5.74) is 3.78. The first kappa shape index (κ1) is 19.2. The van der Waals surface area contributed by atoms with E-state index in [0.717, 1.165) is 41.2 Å². The second kappa shape index (κ2) is 7.99. The van der Waals surface area contributed by atoms with Gasteiger partial charge in [-0.3, -0.25) is 4.79 Å². The summed E-state index contributed by atoms with van der Waals surface area (Å²) in [6.45, 7) is 2.45. The van der Waals surface area contributed by atoms with Crippen LogP contribution in [0, 0.1) is 6.92 Å². The van der Waals surface area contributed by atoms with Gasteiger partial charge in [-0.25, -0.2) is 0 Å². The Balaban J connectivity index is 1.69. The highest BCUT2D eigenvalue weighted by atomic mass is 19.4. The number of alkyl halides is 3. The van der Waals surface area contributed by atoms with Crippen molar-refractivity contribution in [2.75, 3.05) is 0 Å². The van der Waals surface area contributed by atoms with E-state index in [4.69, 9.17) is 0 Å². The summed E-state index contributed by atoms with van der Waals surface area (Å²) in [5, 5.41) is 2.93. The Hall–Kier alpha value is -2.56. The lowest BCUT2D eigenvalue weighted by Crippen LogP contribution is -2.24. The number of aryl methyl sites for hydroxylation is 1. The molecule has 1 amide bonds. The van der Waals surface area contributed by atoms with Crippen LogP contribution in [0.1, 0.15) is 41.5 Å². The molecule has 0 aromatic heterocycles. The molecule has 0 aliphatic heterocycles. The van der Waals surface area contributed by atoms with Gasteiger partial charge in [0, 0.05) is 12.1 Å². The molecular formula is C22H22F3NO. The van der Waals surface area contributed by atoms with Crippen LogP contribution in [-0.2, 0) is 23.9 Å². The first-order valence-electron chi connectivity index (χ1n) is 9.04. The zero-order chi connectivity index (χ0) is 19.4. The first-order chi connectivity index (χ1) is 12.8. The van der Waals surface area contributed by atoms with E-state index in [1.807, 2.05) is 31.2 Å². The third-order valence-corrected chi connectivity index (χ3v) is 4.85. The molecular weight excluding hydrogens is 351 g/mol. The van der Waals surface area contributed by atoms with Crippen LogP contribution in [0.3, 0.4) is 0 Å². The summed E-state index contributed by atoms with van der Waals surface area (Å²) >= 11 is 0. The fraction of sp³-hybridized carbons (Fsp3) is 0.318. The van der Waals surface area contributed by atoms with Crippen molar-refractivity contribution in [3.63, 3.8) is 0 Å². The lowest BCUT2D eigenvalue weighted by atomic mass is 9.99. The summed E-state index contributed by atoms with van der Waals surface area (Å²) in [5.74, 6) is -0.116. The molecule has 5 heteroatoms. The van der Waals surface area contributed by atoms with Crippen molar-refractivity contribution in [2.24, 2.45) is 0 Å². The molecule has 27 heavy (non-hydrogen) atoms. The number of halogens is 3. The monoisotopic (exact) mass is 373 g/mol. The Morgan fingerprint density at radius 3 is 2.48 bits per heavy atom. The molecule has 1 aliphatic rings. The van der Waals surface area contributed by atoms with Crippen molar-refractivity contribution in [2.45, 2.75) is 45.3 Å². The molecule has 0 bridgehead atoms. The summed E-state index contributed by atoms with van der Waals surface area (Å²) in [7, 11) is 0. The minimum Gasteiger partial charge on any atom is -0.348 e. The number of hydrogen-bond donors (Lipinski definition) is 1. The van der Waals surface area contributed by atoms with Crippen LogP contribution >= 0.6 is 0 Å². The fourth-order valence-corrected chi connectivity index (χ4v) is 3.37. The van der Waals surface area contributed by atoms with Gasteiger partial charge >= 0.3 is 6.18 Å². The Kier molecular flexibility index (Phi) is 5.68. The molecule has 2 nitrogen and oxygen atoms in total. The van der Waals surface area contributed by atoms with Gasteiger partial charge in [0.05, 0.1) is 5.56 Å². The van der Waals surface area contributed by atoms with Crippen molar-refractivity contribution in [1.29, 1.82) is 0 Å². The fourth-order valence-electron chi connectivity index (χ4n) is 3.37. The predicted molar refractivity (Wildman–Crippen MR) is 99.1 cm³/mol. The standard InChI is InChI=1S/C22H22F3NO/c1-15-8-10-16(11-9-15)14-26-21(27)20-7-3-5-18(20)12-17-4-2-6-19(13-17)22(23,24)25/h2,4,6,8-11,13H,3,5,7,12,14H2,1H3,(H,26,27). The van der Waals surface area contributed by atoms with Crippen LogP contribution in [0.15, 0.2) is 59.7 Å². The first-order valence-corrected chi connectivity index (χ1v) is 9.04. The van der Waals surface area contributed by atoms with Gasteiger partial charge in [0.1, 0.15) is 0 Å². The Bertz CT molecular complexity index is 851. The maximum absolute atomic E-state index is 12.9. The van der Waals surface area contributed by atoms with Gasteiger partial charge in [0.2, 0.25) is 5.91 Å². The molecule has 0 heterocycles. The second-order valence-electron chi connectivity index (χ2n) is 6.98. The highest BCUT2D eigenvalue weighted by molar-refractivity contribution is 5.94. The molecule has 0 radical (unpaired) electrons.